The molecule has 2 aromatic carbocycles. The van der Waals surface area contributed by atoms with E-state index in [2.05, 4.69) is 58.4 Å². The second-order valence-corrected chi connectivity index (χ2v) is 6.55. The van der Waals surface area contributed by atoms with Crippen molar-refractivity contribution in [1.82, 2.24) is 9.88 Å². The highest BCUT2D eigenvalue weighted by Crippen LogP contribution is 2.49. The molecule has 3 heterocycles. The van der Waals surface area contributed by atoms with Crippen LogP contribution in [-0.4, -0.2) is 22.3 Å². The Labute approximate surface area is 134 Å². The summed E-state index contributed by atoms with van der Waals surface area (Å²) in [6.07, 6.45) is 2.42. The van der Waals surface area contributed by atoms with Crippen molar-refractivity contribution in [3.63, 3.8) is 0 Å². The van der Waals surface area contributed by atoms with Crippen LogP contribution < -0.4 is 0 Å². The summed E-state index contributed by atoms with van der Waals surface area (Å²) in [6, 6.07) is 19.0. The topological polar surface area (TPSA) is 36.1 Å². The number of fused-ring (bicyclic) bond motifs is 5. The summed E-state index contributed by atoms with van der Waals surface area (Å²) in [5, 5.41) is 1.30. The molecule has 3 aromatic rings. The van der Waals surface area contributed by atoms with Crippen LogP contribution >= 0.6 is 0 Å². The minimum absolute atomic E-state index is 0.276. The molecule has 1 unspecified atom stereocenters. The Balaban J connectivity index is 1.85. The Kier molecular flexibility index (Phi) is 2.52. The molecule has 2 aliphatic rings. The Morgan fingerprint density at radius 3 is 2.61 bits per heavy atom. The molecule has 0 radical (unpaired) electrons. The van der Waals surface area contributed by atoms with E-state index in [0.717, 1.165) is 19.4 Å². The average molecular weight is 302 g/mol. The SMILES string of the molecule is O=C1CCC2(c3ccccc3)c3[nH]c4ccccc4c3CCN12. The first-order valence-corrected chi connectivity index (χ1v) is 8.27. The van der Waals surface area contributed by atoms with Gasteiger partial charge in [-0.2, -0.15) is 0 Å². The number of carbonyl (C=O) groups excluding carboxylic acids is 1. The van der Waals surface area contributed by atoms with Gasteiger partial charge in [0.25, 0.3) is 0 Å². The number of aromatic nitrogens is 1. The summed E-state index contributed by atoms with van der Waals surface area (Å²) in [5.74, 6) is 0.276. The van der Waals surface area contributed by atoms with Crippen molar-refractivity contribution in [3.05, 3.63) is 71.4 Å². The highest BCUT2D eigenvalue weighted by molar-refractivity contribution is 5.88. The average Bonchev–Trinajstić information content (AvgIpc) is 3.15. The van der Waals surface area contributed by atoms with Crippen LogP contribution in [-0.2, 0) is 16.8 Å². The normalized spacial score (nSPS) is 23.1. The molecule has 23 heavy (non-hydrogen) atoms. The molecule has 5 rings (SSSR count). The number of para-hydroxylation sites is 1. The molecule has 0 bridgehead atoms. The van der Waals surface area contributed by atoms with Gasteiger partial charge in [0.1, 0.15) is 5.54 Å². The summed E-state index contributed by atoms with van der Waals surface area (Å²) in [5.41, 5.74) is 4.69. The fourth-order valence-electron chi connectivity index (χ4n) is 4.54. The summed E-state index contributed by atoms with van der Waals surface area (Å²) >= 11 is 0. The molecule has 2 aliphatic heterocycles. The first-order valence-electron chi connectivity index (χ1n) is 8.27. The van der Waals surface area contributed by atoms with Gasteiger partial charge in [0.15, 0.2) is 0 Å². The zero-order valence-electron chi connectivity index (χ0n) is 12.9. The number of aromatic amines is 1. The first kappa shape index (κ1) is 12.9. The maximum absolute atomic E-state index is 12.5. The van der Waals surface area contributed by atoms with E-state index >= 15 is 0 Å². The van der Waals surface area contributed by atoms with E-state index < -0.39 is 0 Å². The molecule has 3 heteroatoms. The van der Waals surface area contributed by atoms with Gasteiger partial charge in [-0.25, -0.2) is 0 Å². The van der Waals surface area contributed by atoms with E-state index in [4.69, 9.17) is 0 Å². The second-order valence-electron chi connectivity index (χ2n) is 6.55. The van der Waals surface area contributed by atoms with Crippen molar-refractivity contribution < 1.29 is 4.79 Å². The molecular formula is C20H18N2O. The monoisotopic (exact) mass is 302 g/mol. The standard InChI is InChI=1S/C20H18N2O/c23-18-10-12-20(14-6-2-1-3-7-14)19-16(11-13-22(18)20)15-8-4-5-9-17(15)21-19/h1-9,21H,10-13H2. The van der Waals surface area contributed by atoms with Gasteiger partial charge in [-0.3, -0.25) is 4.79 Å². The number of benzene rings is 2. The lowest BCUT2D eigenvalue weighted by Gasteiger charge is -2.42. The smallest absolute Gasteiger partial charge is 0.223 e. The zero-order valence-corrected chi connectivity index (χ0v) is 12.9. The molecule has 0 saturated carbocycles. The highest BCUT2D eigenvalue weighted by atomic mass is 16.2. The van der Waals surface area contributed by atoms with Crippen molar-refractivity contribution in [2.75, 3.05) is 6.54 Å². The predicted octanol–water partition coefficient (Wildman–Crippen LogP) is 3.59. The third-order valence-corrected chi connectivity index (χ3v) is 5.53. The van der Waals surface area contributed by atoms with Crippen LogP contribution in [0.25, 0.3) is 10.9 Å². The number of hydrogen-bond donors (Lipinski definition) is 1. The van der Waals surface area contributed by atoms with E-state index in [9.17, 15) is 4.79 Å². The lowest BCUT2D eigenvalue weighted by molar-refractivity contribution is -0.131. The van der Waals surface area contributed by atoms with Gasteiger partial charge >= 0.3 is 0 Å². The third kappa shape index (κ3) is 1.57. The number of carbonyl (C=O) groups is 1. The number of nitrogens with one attached hydrogen (secondary N) is 1. The Morgan fingerprint density at radius 1 is 0.957 bits per heavy atom. The summed E-state index contributed by atoms with van der Waals surface area (Å²) in [7, 11) is 0. The van der Waals surface area contributed by atoms with Crippen LogP contribution in [0, 0.1) is 0 Å². The highest BCUT2D eigenvalue weighted by Gasteiger charge is 2.51. The number of amides is 1. The summed E-state index contributed by atoms with van der Waals surface area (Å²) in [6.45, 7) is 0.808. The van der Waals surface area contributed by atoms with Crippen molar-refractivity contribution in [2.24, 2.45) is 0 Å². The van der Waals surface area contributed by atoms with Crippen molar-refractivity contribution in [2.45, 2.75) is 24.8 Å². The van der Waals surface area contributed by atoms with Gasteiger partial charge in [0.05, 0.1) is 5.69 Å². The minimum atomic E-state index is -0.315. The van der Waals surface area contributed by atoms with E-state index in [-0.39, 0.29) is 11.4 Å². The van der Waals surface area contributed by atoms with Crippen molar-refractivity contribution >= 4 is 16.8 Å². The minimum Gasteiger partial charge on any atom is -0.356 e. The number of H-pyrrole nitrogens is 1. The van der Waals surface area contributed by atoms with E-state index in [1.54, 1.807) is 0 Å². The maximum atomic E-state index is 12.5. The van der Waals surface area contributed by atoms with Crippen LogP contribution in [0.2, 0.25) is 0 Å². The Hall–Kier alpha value is -2.55. The lowest BCUT2D eigenvalue weighted by Crippen LogP contribution is -2.48. The first-order chi connectivity index (χ1) is 11.3. The molecule has 1 N–H and O–H groups in total. The lowest BCUT2D eigenvalue weighted by atomic mass is 9.79. The fraction of sp³-hybridized carbons (Fsp3) is 0.250. The van der Waals surface area contributed by atoms with E-state index in [0.29, 0.717) is 6.42 Å². The van der Waals surface area contributed by atoms with Crippen LogP contribution in [0.15, 0.2) is 54.6 Å². The van der Waals surface area contributed by atoms with Gasteiger partial charge in [0.2, 0.25) is 5.91 Å². The third-order valence-electron chi connectivity index (χ3n) is 5.53. The molecular weight excluding hydrogens is 284 g/mol. The van der Waals surface area contributed by atoms with Gasteiger partial charge in [-0.05, 0) is 30.0 Å². The maximum Gasteiger partial charge on any atom is 0.223 e. The molecule has 0 spiro atoms. The Bertz CT molecular complexity index is 912. The number of rotatable bonds is 1. The van der Waals surface area contributed by atoms with Crippen molar-refractivity contribution in [1.29, 1.82) is 0 Å². The zero-order chi connectivity index (χ0) is 15.4. The van der Waals surface area contributed by atoms with E-state index in [1.165, 1.54) is 27.7 Å². The molecule has 1 amide bonds. The van der Waals surface area contributed by atoms with E-state index in [1.807, 2.05) is 6.07 Å². The van der Waals surface area contributed by atoms with Gasteiger partial charge in [0, 0.05) is 23.9 Å². The van der Waals surface area contributed by atoms with Gasteiger partial charge in [-0.1, -0.05) is 48.5 Å². The number of hydrogen-bond acceptors (Lipinski definition) is 1. The second kappa shape index (κ2) is 4.48. The van der Waals surface area contributed by atoms with Crippen LogP contribution in [0.5, 0.6) is 0 Å². The molecule has 3 nitrogen and oxygen atoms in total. The van der Waals surface area contributed by atoms with Crippen LogP contribution in [0.1, 0.15) is 29.7 Å². The van der Waals surface area contributed by atoms with Crippen molar-refractivity contribution in [3.8, 4) is 0 Å². The molecule has 1 fully saturated rings. The van der Waals surface area contributed by atoms with Gasteiger partial charge in [-0.15, -0.1) is 0 Å². The summed E-state index contributed by atoms with van der Waals surface area (Å²) < 4.78 is 0. The molecule has 1 aromatic heterocycles. The predicted molar refractivity (Wildman–Crippen MR) is 90.2 cm³/mol. The largest absolute Gasteiger partial charge is 0.356 e. The molecule has 114 valence electrons. The summed E-state index contributed by atoms with van der Waals surface area (Å²) in [4.78, 5) is 18.3. The quantitative estimate of drug-likeness (QED) is 0.732. The van der Waals surface area contributed by atoms with Gasteiger partial charge < -0.3 is 9.88 Å². The number of nitrogens with zero attached hydrogens (tertiary/aromatic N) is 1. The Morgan fingerprint density at radius 2 is 1.74 bits per heavy atom. The fourth-order valence-corrected chi connectivity index (χ4v) is 4.54. The molecule has 1 atom stereocenters. The molecule has 1 saturated heterocycles. The van der Waals surface area contributed by atoms with Crippen LogP contribution in [0.3, 0.4) is 0 Å². The van der Waals surface area contributed by atoms with Crippen LogP contribution in [0.4, 0.5) is 0 Å². The molecule has 0 aliphatic carbocycles.